The third kappa shape index (κ3) is 16.0. The molecular formula is C8H16N6NiO4. The zero-order valence-corrected chi connectivity index (χ0v) is 11.8. The van der Waals surface area contributed by atoms with Crippen molar-refractivity contribution in [3.63, 3.8) is 0 Å². The molecule has 11 heteroatoms. The van der Waals surface area contributed by atoms with Gasteiger partial charge in [0, 0.05) is 0 Å². The summed E-state index contributed by atoms with van der Waals surface area (Å²) < 4.78 is 17.3. The molecule has 0 aliphatic rings. The van der Waals surface area contributed by atoms with Crippen LogP contribution in [-0.4, -0.2) is 52.5 Å². The predicted octanol–water partition coefficient (Wildman–Crippen LogP) is 1.24. The van der Waals surface area contributed by atoms with Gasteiger partial charge in [0.2, 0.25) is 12.0 Å². The van der Waals surface area contributed by atoms with E-state index in [9.17, 15) is 0 Å². The maximum atomic E-state index is 6.76. The maximum Gasteiger partial charge on any atom is 2.00 e. The van der Waals surface area contributed by atoms with E-state index in [1.165, 1.54) is 28.4 Å². The van der Waals surface area contributed by atoms with E-state index in [0.29, 0.717) is 0 Å². The topological polar surface area (TPSA) is 157 Å². The third-order valence-corrected chi connectivity index (χ3v) is 1.18. The van der Waals surface area contributed by atoms with Gasteiger partial charge >= 0.3 is 16.5 Å². The van der Waals surface area contributed by atoms with Crippen LogP contribution in [0.1, 0.15) is 0 Å². The van der Waals surface area contributed by atoms with Crippen molar-refractivity contribution in [1.29, 1.82) is 10.8 Å². The van der Waals surface area contributed by atoms with Gasteiger partial charge in [0.05, 0.1) is 40.5 Å². The quantitative estimate of drug-likeness (QED) is 0.391. The summed E-state index contributed by atoms with van der Waals surface area (Å²) in [5, 5.41) is 13.5. The Balaban J connectivity index is -0.000000256. The standard InChI is InChI=1S/2C4H8N3O2.Ni/c2*1-8-3(5)7-4(6)9-2;/h2*1-2H3,(H2-,5,6,7);/q2*-1;+2. The zero-order valence-electron chi connectivity index (χ0n) is 10.8. The summed E-state index contributed by atoms with van der Waals surface area (Å²) in [6.07, 6.45) is 0. The Bertz CT molecular complexity index is 301. The van der Waals surface area contributed by atoms with E-state index in [1.807, 2.05) is 0 Å². The molecule has 0 aliphatic carbocycles. The normalized spacial score (nSPS) is 10.1. The van der Waals surface area contributed by atoms with Gasteiger partial charge in [-0.2, -0.15) is 0 Å². The molecule has 0 fully saturated rings. The molecule has 0 spiro atoms. The Morgan fingerprint density at radius 2 is 1.00 bits per heavy atom. The zero-order chi connectivity index (χ0) is 14.6. The fraction of sp³-hybridized carbons (Fsp3) is 0.500. The van der Waals surface area contributed by atoms with Gasteiger partial charge in [-0.25, -0.2) is 0 Å². The van der Waals surface area contributed by atoms with Crippen LogP contribution < -0.4 is 0 Å². The molecule has 0 atom stereocenters. The van der Waals surface area contributed by atoms with Gasteiger partial charge in [0.1, 0.15) is 0 Å². The van der Waals surface area contributed by atoms with Crippen molar-refractivity contribution in [2.24, 2.45) is 9.98 Å². The molecule has 0 aromatic carbocycles. The number of aliphatic imine (C=N–C) groups is 2. The fourth-order valence-corrected chi connectivity index (χ4v) is 0.367. The summed E-state index contributed by atoms with van der Waals surface area (Å²) in [7, 11) is 5.20. The molecule has 10 nitrogen and oxygen atoms in total. The number of nitrogens with zero attached hydrogens (tertiary/aromatic N) is 2. The van der Waals surface area contributed by atoms with Gasteiger partial charge in [-0.1, -0.05) is 0 Å². The molecule has 4 N–H and O–H groups in total. The minimum Gasteiger partial charge on any atom is -0.504 e. The molecular weight excluding hydrogens is 303 g/mol. The first-order valence-electron chi connectivity index (χ1n) is 4.34. The largest absolute Gasteiger partial charge is 2.00 e. The number of rotatable bonds is 0. The Kier molecular flexibility index (Phi) is 16.4. The van der Waals surface area contributed by atoms with Gasteiger partial charge in [0.15, 0.2) is 0 Å². The Hall–Kier alpha value is -2.03. The smallest absolute Gasteiger partial charge is 0.504 e. The molecule has 0 unspecified atom stereocenters. The summed E-state index contributed by atoms with van der Waals surface area (Å²) in [6.45, 7) is 0. The first kappa shape index (κ1) is 22.2. The molecule has 0 aliphatic heterocycles. The van der Waals surface area contributed by atoms with E-state index in [0.717, 1.165) is 0 Å². The van der Waals surface area contributed by atoms with Crippen LogP contribution in [0, 0.1) is 10.8 Å². The maximum absolute atomic E-state index is 6.76. The van der Waals surface area contributed by atoms with Crippen LogP contribution in [0.3, 0.4) is 0 Å². The van der Waals surface area contributed by atoms with Crippen molar-refractivity contribution in [3.05, 3.63) is 11.5 Å². The van der Waals surface area contributed by atoms with E-state index in [-0.39, 0.29) is 40.6 Å². The Labute approximate surface area is 121 Å². The summed E-state index contributed by atoms with van der Waals surface area (Å²) in [6, 6.07) is -1.33. The Morgan fingerprint density at radius 3 is 1.16 bits per heavy atom. The number of methoxy groups -OCH3 is 4. The molecule has 19 heavy (non-hydrogen) atoms. The second-order valence-corrected chi connectivity index (χ2v) is 2.26. The van der Waals surface area contributed by atoms with Crippen LogP contribution in [0.4, 0.5) is 0 Å². The average molecular weight is 319 g/mol. The van der Waals surface area contributed by atoms with Gasteiger partial charge in [-0.05, 0) is 0 Å². The second-order valence-electron chi connectivity index (χ2n) is 2.26. The first-order valence-corrected chi connectivity index (χ1v) is 4.34. The van der Waals surface area contributed by atoms with E-state index < -0.39 is 0 Å². The predicted molar refractivity (Wildman–Crippen MR) is 67.0 cm³/mol. The molecule has 0 heterocycles. The number of hydrogen-bond donors (Lipinski definition) is 2. The second kappa shape index (κ2) is 14.0. The van der Waals surface area contributed by atoms with Crippen LogP contribution >= 0.6 is 0 Å². The van der Waals surface area contributed by atoms with Gasteiger partial charge in [-0.15, -0.1) is 0 Å². The van der Waals surface area contributed by atoms with Crippen LogP contribution in [0.2, 0.25) is 0 Å². The van der Waals surface area contributed by atoms with Crippen molar-refractivity contribution in [2.45, 2.75) is 0 Å². The summed E-state index contributed by atoms with van der Waals surface area (Å²) in [4.78, 5) is 6.47. The van der Waals surface area contributed by atoms with Crippen molar-refractivity contribution in [1.82, 2.24) is 0 Å². The number of amidine groups is 4. The number of hydrogen-bond acceptors (Lipinski definition) is 6. The van der Waals surface area contributed by atoms with E-state index in [1.54, 1.807) is 0 Å². The minimum absolute atomic E-state index is 0. The molecule has 0 bridgehead atoms. The molecule has 0 radical (unpaired) electrons. The van der Waals surface area contributed by atoms with Gasteiger partial charge in [0.25, 0.3) is 0 Å². The monoisotopic (exact) mass is 318 g/mol. The van der Waals surface area contributed by atoms with Crippen LogP contribution in [0.15, 0.2) is 9.98 Å². The van der Waals surface area contributed by atoms with Crippen LogP contribution in [-0.2, 0) is 35.4 Å². The molecule has 0 saturated carbocycles. The van der Waals surface area contributed by atoms with E-state index in [2.05, 4.69) is 28.9 Å². The summed E-state index contributed by atoms with van der Waals surface area (Å²) >= 11 is 0. The molecule has 0 aromatic rings. The minimum atomic E-state index is -0.332. The Morgan fingerprint density at radius 1 is 0.737 bits per heavy atom. The van der Waals surface area contributed by atoms with Crippen molar-refractivity contribution in [2.75, 3.05) is 28.4 Å². The van der Waals surface area contributed by atoms with Crippen molar-refractivity contribution >= 4 is 24.1 Å². The molecule has 0 amide bonds. The van der Waals surface area contributed by atoms with E-state index in [4.69, 9.17) is 22.3 Å². The molecule has 0 rings (SSSR count). The summed E-state index contributed by atoms with van der Waals surface area (Å²) in [5.41, 5.74) is 13.5. The first-order chi connectivity index (χ1) is 8.40. The molecule has 0 aromatic heterocycles. The van der Waals surface area contributed by atoms with Crippen molar-refractivity contribution in [3.8, 4) is 0 Å². The molecule has 0 saturated heterocycles. The van der Waals surface area contributed by atoms with Crippen molar-refractivity contribution < 1.29 is 35.4 Å². The van der Waals surface area contributed by atoms with Crippen LogP contribution in [0.5, 0.6) is 0 Å². The third-order valence-electron chi connectivity index (χ3n) is 1.18. The van der Waals surface area contributed by atoms with Gasteiger partial charge in [-0.3, -0.25) is 10.8 Å². The SMILES string of the molecule is COC(=N)/N=C(\[NH-])OC.COC(=N)/N=C(\[NH-])OC.[Ni+2]. The van der Waals surface area contributed by atoms with Gasteiger partial charge < -0.3 is 40.4 Å². The molecule has 112 valence electrons. The average Bonchev–Trinajstić information content (AvgIpc) is 2.38. The fourth-order valence-electron chi connectivity index (χ4n) is 0.367. The number of ether oxygens (including phenoxy) is 4. The number of nitrogens with one attached hydrogen (secondary N) is 4. The van der Waals surface area contributed by atoms with Crippen LogP contribution in [0.25, 0.3) is 11.5 Å². The van der Waals surface area contributed by atoms with E-state index >= 15 is 0 Å². The summed E-state index contributed by atoms with van der Waals surface area (Å²) in [5.74, 6) is 0.